The molecule has 2 amide bonds. The van der Waals surface area contributed by atoms with Crippen molar-refractivity contribution in [2.75, 3.05) is 44.0 Å². The number of hydrogen-bond donors (Lipinski definition) is 2. The van der Waals surface area contributed by atoms with Crippen molar-refractivity contribution >= 4 is 34.9 Å². The minimum atomic E-state index is -0.453. The van der Waals surface area contributed by atoms with E-state index in [1.54, 1.807) is 18.2 Å². The Balaban J connectivity index is 0.923. The molecule has 2 atom stereocenters. The van der Waals surface area contributed by atoms with Crippen LogP contribution in [0.15, 0.2) is 83.3 Å². The van der Waals surface area contributed by atoms with Gasteiger partial charge in [0.1, 0.15) is 12.3 Å². The van der Waals surface area contributed by atoms with Gasteiger partial charge >= 0.3 is 5.97 Å². The number of ketones is 1. The zero-order valence-corrected chi connectivity index (χ0v) is 32.9. The fourth-order valence-corrected chi connectivity index (χ4v) is 7.61. The summed E-state index contributed by atoms with van der Waals surface area (Å²) in [5, 5.41) is 15.0. The first-order chi connectivity index (χ1) is 27.6. The van der Waals surface area contributed by atoms with Crippen LogP contribution in [0.4, 0.5) is 11.4 Å². The fraction of sp³-hybridized carbons (Fsp3) is 0.364. The predicted molar refractivity (Wildman–Crippen MR) is 217 cm³/mol. The van der Waals surface area contributed by atoms with Gasteiger partial charge in [-0.25, -0.2) is 4.79 Å². The van der Waals surface area contributed by atoms with Crippen LogP contribution in [0, 0.1) is 0 Å². The summed E-state index contributed by atoms with van der Waals surface area (Å²) in [5.74, 6) is 0.276. The molecule has 3 heterocycles. The van der Waals surface area contributed by atoms with E-state index in [4.69, 9.17) is 9.15 Å². The molecule has 3 aromatic carbocycles. The highest BCUT2D eigenvalue weighted by Gasteiger charge is 2.33. The Bertz CT molecular complexity index is 2240. The molecule has 5 aromatic rings. The van der Waals surface area contributed by atoms with Crippen LogP contribution in [0.25, 0.3) is 11.5 Å². The van der Waals surface area contributed by atoms with Crippen molar-refractivity contribution in [2.45, 2.75) is 71.0 Å². The van der Waals surface area contributed by atoms with Crippen molar-refractivity contribution < 1.29 is 28.3 Å². The third-order valence-corrected chi connectivity index (χ3v) is 10.6. The molecule has 13 nitrogen and oxygen atoms in total. The van der Waals surface area contributed by atoms with Crippen molar-refractivity contribution in [1.29, 1.82) is 0 Å². The number of benzene rings is 3. The number of carbonyl (C=O) groups excluding carboxylic acids is 4. The molecule has 0 saturated carbocycles. The van der Waals surface area contributed by atoms with Crippen LogP contribution in [-0.4, -0.2) is 83.1 Å². The van der Waals surface area contributed by atoms with Gasteiger partial charge in [-0.1, -0.05) is 37.3 Å². The zero-order chi connectivity index (χ0) is 40.1. The highest BCUT2D eigenvalue weighted by atomic mass is 16.5. The Morgan fingerprint density at radius 1 is 0.982 bits per heavy atom. The molecule has 0 unspecified atom stereocenters. The average molecular weight is 772 g/mol. The number of fused-ring (bicyclic) bond motifs is 2. The van der Waals surface area contributed by atoms with Crippen LogP contribution < -0.4 is 15.5 Å². The van der Waals surface area contributed by atoms with Gasteiger partial charge in [0.05, 0.1) is 6.04 Å². The Labute approximate surface area is 332 Å². The third-order valence-electron chi connectivity index (χ3n) is 10.6. The lowest BCUT2D eigenvalue weighted by molar-refractivity contribution is -0.118. The van der Waals surface area contributed by atoms with Crippen molar-refractivity contribution in [3.8, 4) is 11.5 Å². The molecule has 13 heteroatoms. The highest BCUT2D eigenvalue weighted by Crippen LogP contribution is 2.39. The summed E-state index contributed by atoms with van der Waals surface area (Å²) >= 11 is 0. The molecule has 0 saturated heterocycles. The average Bonchev–Trinajstić information content (AvgIpc) is 3.84. The number of ether oxygens (including phenoxy) is 1. The third kappa shape index (κ3) is 8.83. The van der Waals surface area contributed by atoms with E-state index < -0.39 is 5.97 Å². The van der Waals surface area contributed by atoms with Crippen molar-refractivity contribution in [3.63, 3.8) is 0 Å². The SMILES string of the molecule is CCC(=O)N1c2ccccc2[C@H](Nc2ccc(-c3nnc(CCNC(=O)c4ccc(Cn5c(C(=O)OCCN(C)C)cc6c5CCCC6=O)cc4)o3)cc2)C[C@@H]1C. The standard InChI is InChI=1S/C44H49N7O6/c1-5-41(53)51-28(2)25-35(33-9-6-7-10-37(33)51)46-32-19-17-31(18-20-32)43-48-47-40(57-43)21-22-45-42(54)30-15-13-29(14-16-30)27-50-36-11-8-12-39(52)34(36)26-38(50)44(55)56-24-23-49(3)4/h6-7,9-10,13-20,26,28,35,46H,5,8,11-12,21-25,27H2,1-4H3,(H,45,54)/t28-,35+/m0/s1. The van der Waals surface area contributed by atoms with Crippen LogP contribution in [-0.2, 0) is 28.9 Å². The van der Waals surface area contributed by atoms with Gasteiger partial charge in [0, 0.05) is 78.7 Å². The Kier molecular flexibility index (Phi) is 11.9. The number of nitrogens with one attached hydrogen (secondary N) is 2. The summed E-state index contributed by atoms with van der Waals surface area (Å²) in [7, 11) is 3.82. The molecule has 0 fully saturated rings. The van der Waals surface area contributed by atoms with Crippen molar-refractivity contribution in [1.82, 2.24) is 25.0 Å². The summed E-state index contributed by atoms with van der Waals surface area (Å²) in [6, 6.07) is 24.9. The molecular formula is C44H49N7O6. The van der Waals surface area contributed by atoms with Gasteiger partial charge in [-0.2, -0.15) is 0 Å². The number of esters is 1. The first-order valence-electron chi connectivity index (χ1n) is 19.6. The number of carbonyl (C=O) groups is 4. The second-order valence-corrected chi connectivity index (χ2v) is 14.9. The molecule has 7 rings (SSSR count). The van der Waals surface area contributed by atoms with Gasteiger partial charge in [0.15, 0.2) is 5.78 Å². The van der Waals surface area contributed by atoms with E-state index in [1.807, 2.05) is 90.0 Å². The molecule has 0 radical (unpaired) electrons. The molecule has 1 aliphatic carbocycles. The van der Waals surface area contributed by atoms with Gasteiger partial charge in [-0.15, -0.1) is 10.2 Å². The number of rotatable bonds is 14. The summed E-state index contributed by atoms with van der Waals surface area (Å²) < 4.78 is 13.3. The largest absolute Gasteiger partial charge is 0.460 e. The normalized spacial score (nSPS) is 16.2. The number of hydrogen-bond acceptors (Lipinski definition) is 10. The van der Waals surface area contributed by atoms with Crippen molar-refractivity contribution in [3.05, 3.63) is 118 Å². The van der Waals surface area contributed by atoms with Crippen LogP contribution in [0.3, 0.4) is 0 Å². The van der Waals surface area contributed by atoms with E-state index in [1.165, 1.54) is 0 Å². The van der Waals surface area contributed by atoms with E-state index in [0.717, 1.165) is 46.6 Å². The van der Waals surface area contributed by atoms with Crippen LogP contribution in [0.5, 0.6) is 0 Å². The smallest absolute Gasteiger partial charge is 0.355 e. The number of likely N-dealkylation sites (N-methyl/N-ethyl adjacent to an activating group) is 1. The van der Waals surface area contributed by atoms with Gasteiger partial charge in [0.25, 0.3) is 5.91 Å². The lowest BCUT2D eigenvalue weighted by Gasteiger charge is -2.40. The quantitative estimate of drug-likeness (QED) is 0.120. The van der Waals surface area contributed by atoms with Crippen molar-refractivity contribution in [2.24, 2.45) is 0 Å². The van der Waals surface area contributed by atoms with E-state index >= 15 is 0 Å². The first kappa shape index (κ1) is 39.2. The van der Waals surface area contributed by atoms with E-state index in [2.05, 4.69) is 33.8 Å². The topological polar surface area (TPSA) is 152 Å². The zero-order valence-electron chi connectivity index (χ0n) is 32.9. The summed E-state index contributed by atoms with van der Waals surface area (Å²) in [6.07, 6.45) is 3.52. The fourth-order valence-electron chi connectivity index (χ4n) is 7.61. The second kappa shape index (κ2) is 17.4. The molecule has 296 valence electrons. The minimum Gasteiger partial charge on any atom is -0.460 e. The summed E-state index contributed by atoms with van der Waals surface area (Å²) in [4.78, 5) is 55.3. The number of para-hydroxylation sites is 1. The molecular weight excluding hydrogens is 723 g/mol. The number of anilines is 2. The maximum Gasteiger partial charge on any atom is 0.355 e. The van der Waals surface area contributed by atoms with E-state index in [-0.39, 0.29) is 36.3 Å². The molecule has 0 bridgehead atoms. The summed E-state index contributed by atoms with van der Waals surface area (Å²) in [5.41, 5.74) is 6.96. The van der Waals surface area contributed by atoms with Crippen LogP contribution >= 0.6 is 0 Å². The van der Waals surface area contributed by atoms with Gasteiger partial charge in [0.2, 0.25) is 17.7 Å². The van der Waals surface area contributed by atoms with E-state index in [9.17, 15) is 19.2 Å². The maximum atomic E-state index is 13.1. The molecule has 2 aliphatic rings. The molecule has 57 heavy (non-hydrogen) atoms. The summed E-state index contributed by atoms with van der Waals surface area (Å²) in [6.45, 7) is 5.51. The minimum absolute atomic E-state index is 0.0418. The lowest BCUT2D eigenvalue weighted by Crippen LogP contribution is -2.44. The van der Waals surface area contributed by atoms with E-state index in [0.29, 0.717) is 73.9 Å². The Morgan fingerprint density at radius 2 is 1.75 bits per heavy atom. The number of aromatic nitrogens is 3. The second-order valence-electron chi connectivity index (χ2n) is 14.9. The highest BCUT2D eigenvalue weighted by molar-refractivity contribution is 6.01. The lowest BCUT2D eigenvalue weighted by atomic mass is 9.91. The molecule has 0 spiro atoms. The monoisotopic (exact) mass is 771 g/mol. The molecule has 1 aliphatic heterocycles. The number of amides is 2. The Hall–Kier alpha value is -6.08. The van der Waals surface area contributed by atoms with Crippen LogP contribution in [0.2, 0.25) is 0 Å². The van der Waals surface area contributed by atoms with Crippen LogP contribution in [0.1, 0.15) is 99.5 Å². The predicted octanol–water partition coefficient (Wildman–Crippen LogP) is 6.48. The first-order valence-corrected chi connectivity index (χ1v) is 19.6. The Morgan fingerprint density at radius 3 is 2.51 bits per heavy atom. The maximum absolute atomic E-state index is 13.1. The number of Topliss-reactive ketones (excluding diaryl/α,β-unsaturated/α-hetero) is 1. The molecule has 2 aromatic heterocycles. The molecule has 2 N–H and O–H groups in total. The van der Waals surface area contributed by atoms with Gasteiger partial charge in [-0.3, -0.25) is 14.4 Å². The van der Waals surface area contributed by atoms with Gasteiger partial charge < -0.3 is 34.2 Å². The number of nitrogens with zero attached hydrogens (tertiary/aromatic N) is 5. The van der Waals surface area contributed by atoms with Gasteiger partial charge in [-0.05, 0) is 99.9 Å².